The zero-order valence-electron chi connectivity index (χ0n) is 18.7. The maximum atomic E-state index is 14.3. The number of benzene rings is 1. The van der Waals surface area contributed by atoms with Crippen molar-refractivity contribution < 1.29 is 17.5 Å². The second-order valence-electron chi connectivity index (χ2n) is 7.46. The Hall–Kier alpha value is -4.73. The maximum absolute atomic E-state index is 14.3. The Morgan fingerprint density at radius 1 is 0.946 bits per heavy atom. The molecule has 0 unspecified atom stereocenters. The van der Waals surface area contributed by atoms with Crippen LogP contribution in [0.2, 0.25) is 0 Å². The molecule has 0 aliphatic carbocycles. The molecule has 4 aromatic heterocycles. The summed E-state index contributed by atoms with van der Waals surface area (Å²) in [5.41, 5.74) is 1.72. The standard InChI is InChI=1S/C25H15FN6O3S2/c26-24-19(4-2-8-29-24)21-12-20(16-3-1-7-28-14-16)23(15-31-21)35-22-6-5-18(11-17(22)13-27)37(33,34)32-25-30-9-10-36-25/h1-12,14-15H,(H,30,32). The summed E-state index contributed by atoms with van der Waals surface area (Å²) in [7, 11) is -3.97. The normalized spacial score (nSPS) is 11.0. The van der Waals surface area contributed by atoms with Gasteiger partial charge in [-0.1, -0.05) is 6.07 Å². The Morgan fingerprint density at radius 3 is 2.54 bits per heavy atom. The molecule has 0 amide bonds. The van der Waals surface area contributed by atoms with Crippen molar-refractivity contribution in [1.82, 2.24) is 19.9 Å². The molecule has 0 saturated carbocycles. The fourth-order valence-corrected chi connectivity index (χ4v) is 5.23. The van der Waals surface area contributed by atoms with E-state index >= 15 is 0 Å². The van der Waals surface area contributed by atoms with Crippen molar-refractivity contribution in [1.29, 1.82) is 5.26 Å². The van der Waals surface area contributed by atoms with Crippen molar-refractivity contribution in [3.63, 3.8) is 0 Å². The third-order valence-electron chi connectivity index (χ3n) is 5.13. The first-order valence-electron chi connectivity index (χ1n) is 10.6. The van der Waals surface area contributed by atoms with Gasteiger partial charge in [0.2, 0.25) is 5.95 Å². The van der Waals surface area contributed by atoms with Gasteiger partial charge in [-0.05, 0) is 42.5 Å². The van der Waals surface area contributed by atoms with E-state index in [2.05, 4.69) is 24.7 Å². The number of ether oxygens (including phenoxy) is 1. The molecule has 1 aromatic carbocycles. The molecule has 182 valence electrons. The molecule has 0 atom stereocenters. The van der Waals surface area contributed by atoms with E-state index in [1.54, 1.807) is 48.1 Å². The van der Waals surface area contributed by atoms with Gasteiger partial charge in [-0.3, -0.25) is 14.7 Å². The van der Waals surface area contributed by atoms with Crippen molar-refractivity contribution in [2.24, 2.45) is 0 Å². The van der Waals surface area contributed by atoms with Crippen LogP contribution in [0.4, 0.5) is 9.52 Å². The number of hydrogen-bond acceptors (Lipinski definition) is 9. The summed E-state index contributed by atoms with van der Waals surface area (Å²) in [6.07, 6.45) is 7.44. The van der Waals surface area contributed by atoms with Gasteiger partial charge in [-0.15, -0.1) is 11.3 Å². The minimum absolute atomic E-state index is 0.0125. The fourth-order valence-electron chi connectivity index (χ4n) is 3.42. The number of pyridine rings is 3. The van der Waals surface area contributed by atoms with Gasteiger partial charge < -0.3 is 4.74 Å². The third-order valence-corrected chi connectivity index (χ3v) is 7.29. The first-order valence-corrected chi connectivity index (χ1v) is 13.0. The van der Waals surface area contributed by atoms with Crippen molar-refractivity contribution in [3.05, 3.63) is 96.4 Å². The van der Waals surface area contributed by atoms with E-state index in [1.807, 2.05) is 6.07 Å². The van der Waals surface area contributed by atoms with Crippen LogP contribution in [0, 0.1) is 17.3 Å². The Bertz CT molecular complexity index is 1720. The number of rotatable bonds is 7. The summed E-state index contributed by atoms with van der Waals surface area (Å²) in [5.74, 6) is -0.298. The zero-order chi connectivity index (χ0) is 25.8. The Labute approximate surface area is 215 Å². The highest BCUT2D eigenvalue weighted by atomic mass is 32.2. The molecule has 5 rings (SSSR count). The summed E-state index contributed by atoms with van der Waals surface area (Å²) in [4.78, 5) is 15.9. The van der Waals surface area contributed by atoms with Gasteiger partial charge in [-0.2, -0.15) is 9.65 Å². The molecule has 9 nitrogen and oxygen atoms in total. The summed E-state index contributed by atoms with van der Waals surface area (Å²) >= 11 is 1.13. The number of hydrogen-bond donors (Lipinski definition) is 1. The highest BCUT2D eigenvalue weighted by Crippen LogP contribution is 2.37. The second kappa shape index (κ2) is 10.1. The largest absolute Gasteiger partial charge is 0.454 e. The highest BCUT2D eigenvalue weighted by Gasteiger charge is 2.20. The summed E-state index contributed by atoms with van der Waals surface area (Å²) < 4.78 is 48.2. The quantitative estimate of drug-likeness (QED) is 0.282. The topological polar surface area (TPSA) is 131 Å². The predicted octanol–water partition coefficient (Wildman–Crippen LogP) is 5.27. The SMILES string of the molecule is N#Cc1cc(S(=O)(=O)Nc2nccs2)ccc1Oc1cnc(-c2cccnc2F)cc1-c1cccnc1. The molecule has 1 N–H and O–H groups in total. The van der Waals surface area contributed by atoms with Gasteiger partial charge in [-0.25, -0.2) is 18.4 Å². The smallest absolute Gasteiger partial charge is 0.263 e. The monoisotopic (exact) mass is 530 g/mol. The summed E-state index contributed by atoms with van der Waals surface area (Å²) in [5, 5.41) is 11.6. The molecule has 0 bridgehead atoms. The average Bonchev–Trinajstić information content (AvgIpc) is 3.42. The minimum Gasteiger partial charge on any atom is -0.454 e. The van der Waals surface area contributed by atoms with Crippen LogP contribution in [0.3, 0.4) is 0 Å². The molecule has 12 heteroatoms. The van der Waals surface area contributed by atoms with Crippen LogP contribution in [0.15, 0.2) is 89.8 Å². The van der Waals surface area contributed by atoms with Gasteiger partial charge in [0.1, 0.15) is 11.8 Å². The van der Waals surface area contributed by atoms with E-state index in [-0.39, 0.29) is 32.7 Å². The molecule has 5 aromatic rings. The number of nitrogens with one attached hydrogen (secondary N) is 1. The maximum Gasteiger partial charge on any atom is 0.263 e. The predicted molar refractivity (Wildman–Crippen MR) is 135 cm³/mol. The molecular formula is C25H15FN6O3S2. The first-order chi connectivity index (χ1) is 17.9. The molecule has 0 spiro atoms. The molecule has 0 radical (unpaired) electrons. The van der Waals surface area contributed by atoms with Crippen LogP contribution >= 0.6 is 11.3 Å². The van der Waals surface area contributed by atoms with Crippen LogP contribution in [-0.2, 0) is 10.0 Å². The van der Waals surface area contributed by atoms with Crippen LogP contribution in [0.1, 0.15) is 5.56 Å². The van der Waals surface area contributed by atoms with E-state index < -0.39 is 16.0 Å². The first kappa shape index (κ1) is 24.0. The van der Waals surface area contributed by atoms with Gasteiger partial charge in [0, 0.05) is 41.3 Å². The fraction of sp³-hybridized carbons (Fsp3) is 0. The van der Waals surface area contributed by atoms with Gasteiger partial charge in [0.15, 0.2) is 10.9 Å². The number of thiazole rings is 1. The van der Waals surface area contributed by atoms with Crippen LogP contribution < -0.4 is 9.46 Å². The van der Waals surface area contributed by atoms with E-state index in [0.29, 0.717) is 16.8 Å². The molecular weight excluding hydrogens is 515 g/mol. The number of aromatic nitrogens is 4. The number of halogens is 1. The molecule has 0 aliphatic heterocycles. The summed E-state index contributed by atoms with van der Waals surface area (Å²) in [6.45, 7) is 0. The van der Waals surface area contributed by atoms with Crippen LogP contribution in [-0.4, -0.2) is 28.4 Å². The third kappa shape index (κ3) is 5.13. The lowest BCUT2D eigenvalue weighted by molar-refractivity contribution is 0.480. The Kier molecular flexibility index (Phi) is 6.55. The Balaban J connectivity index is 1.53. The number of sulfonamides is 1. The second-order valence-corrected chi connectivity index (χ2v) is 10.0. The van der Waals surface area contributed by atoms with Gasteiger partial charge >= 0.3 is 0 Å². The molecule has 0 aliphatic rings. The molecule has 0 saturated heterocycles. The van der Waals surface area contributed by atoms with Crippen LogP contribution in [0.5, 0.6) is 11.5 Å². The number of nitrogens with zero attached hydrogens (tertiary/aromatic N) is 5. The Morgan fingerprint density at radius 2 is 1.81 bits per heavy atom. The minimum atomic E-state index is -3.97. The number of nitriles is 1. The van der Waals surface area contributed by atoms with Crippen molar-refractivity contribution in [2.45, 2.75) is 4.90 Å². The highest BCUT2D eigenvalue weighted by molar-refractivity contribution is 7.93. The van der Waals surface area contributed by atoms with Crippen LogP contribution in [0.25, 0.3) is 22.4 Å². The van der Waals surface area contributed by atoms with Gasteiger partial charge in [0.25, 0.3) is 10.0 Å². The van der Waals surface area contributed by atoms with E-state index in [4.69, 9.17) is 4.74 Å². The average molecular weight is 531 g/mol. The van der Waals surface area contributed by atoms with Crippen molar-refractivity contribution >= 4 is 26.5 Å². The lowest BCUT2D eigenvalue weighted by atomic mass is 10.0. The lowest BCUT2D eigenvalue weighted by Gasteiger charge is -2.14. The zero-order valence-corrected chi connectivity index (χ0v) is 20.4. The van der Waals surface area contributed by atoms with E-state index in [9.17, 15) is 18.1 Å². The number of anilines is 1. The van der Waals surface area contributed by atoms with Crippen molar-refractivity contribution in [2.75, 3.05) is 4.72 Å². The molecule has 4 heterocycles. The van der Waals surface area contributed by atoms with E-state index in [0.717, 1.165) is 11.3 Å². The lowest BCUT2D eigenvalue weighted by Crippen LogP contribution is -2.13. The summed E-state index contributed by atoms with van der Waals surface area (Å²) in [6, 6.07) is 14.2. The molecule has 37 heavy (non-hydrogen) atoms. The molecule has 0 fully saturated rings. The van der Waals surface area contributed by atoms with E-state index in [1.165, 1.54) is 36.8 Å². The van der Waals surface area contributed by atoms with Gasteiger partial charge in [0.05, 0.1) is 27.9 Å². The van der Waals surface area contributed by atoms with Crippen molar-refractivity contribution in [3.8, 4) is 40.0 Å².